The number of hydrogen-bond donors (Lipinski definition) is 1. The summed E-state index contributed by atoms with van der Waals surface area (Å²) in [6.45, 7) is 1.29. The number of esters is 1. The number of ether oxygens (including phenoxy) is 1. The summed E-state index contributed by atoms with van der Waals surface area (Å²) in [5.41, 5.74) is 0.358. The molecule has 0 aliphatic heterocycles. The predicted octanol–water partition coefficient (Wildman–Crippen LogP) is 1.05. The van der Waals surface area contributed by atoms with Crippen LogP contribution in [0.1, 0.15) is 12.5 Å². The van der Waals surface area contributed by atoms with E-state index in [2.05, 4.69) is 10.1 Å². The van der Waals surface area contributed by atoms with Gasteiger partial charge >= 0.3 is 5.97 Å². The molecule has 1 atom stereocenters. The molecule has 0 spiro atoms. The first-order chi connectivity index (χ1) is 8.04. The van der Waals surface area contributed by atoms with Crippen molar-refractivity contribution >= 4 is 11.9 Å². The Bertz CT molecular complexity index is 420. The van der Waals surface area contributed by atoms with Crippen LogP contribution >= 0.6 is 0 Å². The van der Waals surface area contributed by atoms with E-state index in [1.54, 1.807) is 18.2 Å². The zero-order valence-electron chi connectivity index (χ0n) is 9.70. The van der Waals surface area contributed by atoms with Gasteiger partial charge in [-0.1, -0.05) is 18.2 Å². The number of methoxy groups -OCH3 is 1. The lowest BCUT2D eigenvalue weighted by Gasteiger charge is -2.15. The molecule has 1 aromatic carbocycles. The summed E-state index contributed by atoms with van der Waals surface area (Å²) < 4.78 is 17.9. The summed E-state index contributed by atoms with van der Waals surface area (Å²) in [5, 5.41) is 2.43. The molecule has 0 aromatic heterocycles. The highest BCUT2D eigenvalue weighted by Crippen LogP contribution is 2.09. The van der Waals surface area contributed by atoms with Gasteiger partial charge in [-0.2, -0.15) is 0 Å². The van der Waals surface area contributed by atoms with Crippen LogP contribution in [0.3, 0.4) is 0 Å². The fraction of sp³-hybridized carbons (Fsp3) is 0.333. The van der Waals surface area contributed by atoms with Gasteiger partial charge in [-0.3, -0.25) is 4.79 Å². The minimum Gasteiger partial charge on any atom is -0.467 e. The Kier molecular flexibility index (Phi) is 4.63. The molecule has 1 aromatic rings. The number of rotatable bonds is 4. The highest BCUT2D eigenvalue weighted by molar-refractivity contribution is 5.83. The molecule has 0 aliphatic carbocycles. The molecule has 1 rings (SSSR count). The Morgan fingerprint density at radius 2 is 2.06 bits per heavy atom. The van der Waals surface area contributed by atoms with E-state index in [4.69, 9.17) is 0 Å². The van der Waals surface area contributed by atoms with Gasteiger partial charge in [0.25, 0.3) is 0 Å². The van der Waals surface area contributed by atoms with Crippen molar-refractivity contribution in [3.05, 3.63) is 35.6 Å². The van der Waals surface area contributed by atoms with Crippen molar-refractivity contribution in [2.75, 3.05) is 7.11 Å². The maximum Gasteiger partial charge on any atom is 0.328 e. The Balaban J connectivity index is 2.82. The largest absolute Gasteiger partial charge is 0.467 e. The molecule has 0 saturated heterocycles. The second kappa shape index (κ2) is 5.98. The third-order valence-electron chi connectivity index (χ3n) is 2.25. The van der Waals surface area contributed by atoms with Crippen LogP contribution < -0.4 is 5.32 Å². The Hall–Kier alpha value is -1.91. The molecule has 4 nitrogen and oxygen atoms in total. The monoisotopic (exact) mass is 239 g/mol. The first-order valence-corrected chi connectivity index (χ1v) is 5.13. The Morgan fingerprint density at radius 3 is 2.59 bits per heavy atom. The third kappa shape index (κ3) is 3.86. The number of halogens is 1. The zero-order chi connectivity index (χ0) is 12.8. The molecule has 1 amide bonds. The average Bonchev–Trinajstić information content (AvgIpc) is 2.29. The van der Waals surface area contributed by atoms with Crippen molar-refractivity contribution < 1.29 is 18.7 Å². The highest BCUT2D eigenvalue weighted by Gasteiger charge is 2.21. The second-order valence-corrected chi connectivity index (χ2v) is 3.57. The first kappa shape index (κ1) is 13.2. The molecule has 92 valence electrons. The second-order valence-electron chi connectivity index (χ2n) is 3.57. The van der Waals surface area contributed by atoms with Gasteiger partial charge in [0.1, 0.15) is 11.9 Å². The lowest BCUT2D eigenvalue weighted by Crippen LogP contribution is -2.42. The number of amides is 1. The summed E-state index contributed by atoms with van der Waals surface area (Å²) >= 11 is 0. The summed E-state index contributed by atoms with van der Waals surface area (Å²) in [4.78, 5) is 22.3. The van der Waals surface area contributed by atoms with Crippen LogP contribution in [0, 0.1) is 5.82 Å². The van der Waals surface area contributed by atoms with Gasteiger partial charge in [-0.25, -0.2) is 9.18 Å². The topological polar surface area (TPSA) is 55.4 Å². The van der Waals surface area contributed by atoms with Gasteiger partial charge in [0.15, 0.2) is 0 Å². The van der Waals surface area contributed by atoms with E-state index in [0.717, 1.165) is 0 Å². The number of hydrogen-bond acceptors (Lipinski definition) is 3. The van der Waals surface area contributed by atoms with Gasteiger partial charge in [0.2, 0.25) is 5.91 Å². The maximum atomic E-state index is 13.4. The molecule has 0 saturated carbocycles. The first-order valence-electron chi connectivity index (χ1n) is 5.13. The minimum absolute atomic E-state index is 0.0684. The highest BCUT2D eigenvalue weighted by atomic mass is 19.1. The van der Waals surface area contributed by atoms with Gasteiger partial charge < -0.3 is 10.1 Å². The molecule has 1 unspecified atom stereocenters. The van der Waals surface area contributed by atoms with Crippen molar-refractivity contribution in [3.63, 3.8) is 0 Å². The SMILES string of the molecule is COC(=O)C(Cc1ccccc1F)NC(C)=O. The molecule has 0 aliphatic rings. The molecule has 0 bridgehead atoms. The smallest absolute Gasteiger partial charge is 0.328 e. The van der Waals surface area contributed by atoms with Crippen molar-refractivity contribution in [2.24, 2.45) is 0 Å². The molecule has 5 heteroatoms. The van der Waals surface area contributed by atoms with Crippen LogP contribution in [0.15, 0.2) is 24.3 Å². The normalized spacial score (nSPS) is 11.7. The average molecular weight is 239 g/mol. The summed E-state index contributed by atoms with van der Waals surface area (Å²) in [7, 11) is 1.22. The van der Waals surface area contributed by atoms with E-state index in [0.29, 0.717) is 5.56 Å². The van der Waals surface area contributed by atoms with Crippen LogP contribution in [0.25, 0.3) is 0 Å². The van der Waals surface area contributed by atoms with E-state index in [1.807, 2.05) is 0 Å². The lowest BCUT2D eigenvalue weighted by atomic mass is 10.1. The van der Waals surface area contributed by atoms with Crippen molar-refractivity contribution in [1.82, 2.24) is 5.32 Å². The van der Waals surface area contributed by atoms with Crippen molar-refractivity contribution in [3.8, 4) is 0 Å². The lowest BCUT2D eigenvalue weighted by molar-refractivity contribution is -0.144. The fourth-order valence-corrected chi connectivity index (χ4v) is 1.46. The summed E-state index contributed by atoms with van der Waals surface area (Å²) in [6, 6.07) is 5.23. The van der Waals surface area contributed by atoms with Gasteiger partial charge in [0, 0.05) is 13.3 Å². The number of nitrogens with one attached hydrogen (secondary N) is 1. The Morgan fingerprint density at radius 1 is 1.41 bits per heavy atom. The van der Waals surface area contributed by atoms with E-state index in [9.17, 15) is 14.0 Å². The van der Waals surface area contributed by atoms with Crippen LogP contribution in [0.5, 0.6) is 0 Å². The number of carbonyl (C=O) groups is 2. The molecule has 0 radical (unpaired) electrons. The van der Waals surface area contributed by atoms with Gasteiger partial charge in [0.05, 0.1) is 7.11 Å². The van der Waals surface area contributed by atoms with E-state index >= 15 is 0 Å². The van der Waals surface area contributed by atoms with Crippen molar-refractivity contribution in [2.45, 2.75) is 19.4 Å². The van der Waals surface area contributed by atoms with E-state index in [-0.39, 0.29) is 12.3 Å². The van der Waals surface area contributed by atoms with E-state index in [1.165, 1.54) is 20.1 Å². The fourth-order valence-electron chi connectivity index (χ4n) is 1.46. The minimum atomic E-state index is -0.866. The molecular weight excluding hydrogens is 225 g/mol. The predicted molar refractivity (Wildman–Crippen MR) is 59.7 cm³/mol. The molecule has 0 heterocycles. The summed E-state index contributed by atoms with van der Waals surface area (Å²) in [6.07, 6.45) is 0.0684. The van der Waals surface area contributed by atoms with Gasteiger partial charge in [-0.15, -0.1) is 0 Å². The van der Waals surface area contributed by atoms with Crippen LogP contribution in [0.2, 0.25) is 0 Å². The van der Waals surface area contributed by atoms with Gasteiger partial charge in [-0.05, 0) is 11.6 Å². The zero-order valence-corrected chi connectivity index (χ0v) is 9.70. The summed E-state index contributed by atoms with van der Waals surface area (Å²) in [5.74, 6) is -1.37. The maximum absolute atomic E-state index is 13.4. The van der Waals surface area contributed by atoms with Crippen LogP contribution in [-0.2, 0) is 20.7 Å². The molecule has 1 N–H and O–H groups in total. The molecular formula is C12H14FNO3. The van der Waals surface area contributed by atoms with Crippen LogP contribution in [0.4, 0.5) is 4.39 Å². The van der Waals surface area contributed by atoms with Crippen LogP contribution in [-0.4, -0.2) is 25.0 Å². The van der Waals surface area contributed by atoms with E-state index < -0.39 is 17.8 Å². The molecule has 17 heavy (non-hydrogen) atoms. The number of benzene rings is 1. The quantitative estimate of drug-likeness (QED) is 0.799. The third-order valence-corrected chi connectivity index (χ3v) is 2.25. The Labute approximate surface area is 98.8 Å². The standard InChI is InChI=1S/C12H14FNO3/c1-8(15)14-11(12(16)17-2)7-9-5-3-4-6-10(9)13/h3-6,11H,7H2,1-2H3,(H,14,15). The number of carbonyl (C=O) groups excluding carboxylic acids is 2. The van der Waals surface area contributed by atoms with Crippen molar-refractivity contribution in [1.29, 1.82) is 0 Å². The molecule has 0 fully saturated rings.